The minimum absolute atomic E-state index is 0.213. The molecule has 29 heavy (non-hydrogen) atoms. The van der Waals surface area contributed by atoms with Crippen LogP contribution in [0.25, 0.3) is 0 Å². The average Bonchev–Trinajstić information content (AvgIpc) is 2.72. The Balaban J connectivity index is 1.72. The van der Waals surface area contributed by atoms with Gasteiger partial charge < -0.3 is 14.2 Å². The number of benzene rings is 2. The maximum atomic E-state index is 12.1. The van der Waals surface area contributed by atoms with Gasteiger partial charge in [0.15, 0.2) is 12.7 Å². The van der Waals surface area contributed by atoms with Crippen LogP contribution in [0, 0.1) is 0 Å². The van der Waals surface area contributed by atoms with E-state index in [9.17, 15) is 9.59 Å². The molecule has 0 radical (unpaired) electrons. The van der Waals surface area contributed by atoms with Crippen LogP contribution >= 0.6 is 0 Å². The number of rotatable bonds is 9. The Morgan fingerprint density at radius 1 is 0.828 bits per heavy atom. The molecule has 2 aromatic carbocycles. The van der Waals surface area contributed by atoms with E-state index in [4.69, 9.17) is 14.2 Å². The van der Waals surface area contributed by atoms with Crippen LogP contribution in [0.2, 0.25) is 0 Å². The monoisotopic (exact) mass is 400 g/mol. The fourth-order valence-corrected chi connectivity index (χ4v) is 2.41. The summed E-state index contributed by atoms with van der Waals surface area (Å²) in [6, 6.07) is 14.5. The van der Waals surface area contributed by atoms with E-state index in [-0.39, 0.29) is 6.61 Å². The molecule has 2 aromatic rings. The standard InChI is InChI=1S/C22H28N2O5/c1-5-27-18-10-12-20(13-11-18)29-16(4)22(26)24-23-21(25)14-28-19-8-6-17(7-9-19)15(2)3/h6-13,15-16H,5,14H2,1-4H3,(H,23,25)(H,24,26)/t16-/m0/s1. The third kappa shape index (κ3) is 7.37. The average molecular weight is 400 g/mol. The number of hydrogen-bond acceptors (Lipinski definition) is 5. The normalized spacial score (nSPS) is 11.5. The minimum Gasteiger partial charge on any atom is -0.494 e. The Kier molecular flexibility index (Phi) is 8.33. The lowest BCUT2D eigenvalue weighted by molar-refractivity contribution is -0.133. The molecule has 0 aliphatic carbocycles. The number of carbonyl (C=O) groups is 2. The van der Waals surface area contributed by atoms with Gasteiger partial charge in [-0.25, -0.2) is 0 Å². The van der Waals surface area contributed by atoms with E-state index in [2.05, 4.69) is 24.7 Å². The summed E-state index contributed by atoms with van der Waals surface area (Å²) in [7, 11) is 0. The number of nitrogens with one attached hydrogen (secondary N) is 2. The molecule has 0 unspecified atom stereocenters. The fourth-order valence-electron chi connectivity index (χ4n) is 2.41. The maximum Gasteiger partial charge on any atom is 0.279 e. The van der Waals surface area contributed by atoms with E-state index in [1.54, 1.807) is 31.2 Å². The van der Waals surface area contributed by atoms with Crippen molar-refractivity contribution in [1.29, 1.82) is 0 Å². The Hall–Kier alpha value is -3.22. The molecule has 0 bridgehead atoms. The van der Waals surface area contributed by atoms with Crippen LogP contribution < -0.4 is 25.1 Å². The molecule has 2 amide bonds. The van der Waals surface area contributed by atoms with Gasteiger partial charge in [0.1, 0.15) is 17.2 Å². The van der Waals surface area contributed by atoms with Gasteiger partial charge in [0.2, 0.25) is 0 Å². The third-order valence-corrected chi connectivity index (χ3v) is 4.06. The van der Waals surface area contributed by atoms with Crippen LogP contribution in [-0.2, 0) is 9.59 Å². The van der Waals surface area contributed by atoms with Crippen molar-refractivity contribution in [1.82, 2.24) is 10.9 Å². The lowest BCUT2D eigenvalue weighted by atomic mass is 10.0. The summed E-state index contributed by atoms with van der Waals surface area (Å²) in [6.45, 7) is 8.06. The van der Waals surface area contributed by atoms with Crippen LogP contribution in [0.1, 0.15) is 39.2 Å². The summed E-state index contributed by atoms with van der Waals surface area (Å²) in [5.41, 5.74) is 5.83. The SMILES string of the molecule is CCOc1ccc(O[C@@H](C)C(=O)NNC(=O)COc2ccc(C(C)C)cc2)cc1. The van der Waals surface area contributed by atoms with Gasteiger partial charge in [-0.15, -0.1) is 0 Å². The zero-order valence-corrected chi connectivity index (χ0v) is 17.2. The number of hydrogen-bond donors (Lipinski definition) is 2. The maximum absolute atomic E-state index is 12.1. The van der Waals surface area contributed by atoms with E-state index >= 15 is 0 Å². The quantitative estimate of drug-likeness (QED) is 0.632. The van der Waals surface area contributed by atoms with E-state index in [1.807, 2.05) is 31.2 Å². The number of amides is 2. The summed E-state index contributed by atoms with van der Waals surface area (Å²) in [6.07, 6.45) is -0.794. The first-order valence-electron chi connectivity index (χ1n) is 9.60. The van der Waals surface area contributed by atoms with Crippen molar-refractivity contribution >= 4 is 11.8 Å². The number of hydrazine groups is 1. The van der Waals surface area contributed by atoms with Crippen LogP contribution in [0.4, 0.5) is 0 Å². The van der Waals surface area contributed by atoms with Crippen LogP contribution in [0.15, 0.2) is 48.5 Å². The largest absolute Gasteiger partial charge is 0.494 e. The van der Waals surface area contributed by atoms with Crippen molar-refractivity contribution in [2.24, 2.45) is 0 Å². The highest BCUT2D eigenvalue weighted by Crippen LogP contribution is 2.19. The van der Waals surface area contributed by atoms with Crippen LogP contribution in [0.5, 0.6) is 17.2 Å². The molecule has 1 atom stereocenters. The Bertz CT molecular complexity index is 788. The smallest absolute Gasteiger partial charge is 0.279 e. The Morgan fingerprint density at radius 2 is 1.38 bits per heavy atom. The van der Waals surface area contributed by atoms with E-state index in [1.165, 1.54) is 5.56 Å². The van der Waals surface area contributed by atoms with Gasteiger partial charge in [0.25, 0.3) is 11.8 Å². The zero-order valence-electron chi connectivity index (χ0n) is 17.2. The minimum atomic E-state index is -0.794. The molecule has 7 nitrogen and oxygen atoms in total. The van der Waals surface area contributed by atoms with Gasteiger partial charge in [-0.1, -0.05) is 26.0 Å². The molecule has 2 N–H and O–H groups in total. The Labute approximate surface area is 171 Å². The molecule has 2 rings (SSSR count). The van der Waals surface area contributed by atoms with Crippen LogP contribution in [0.3, 0.4) is 0 Å². The molecular formula is C22H28N2O5. The second-order valence-electron chi connectivity index (χ2n) is 6.71. The highest BCUT2D eigenvalue weighted by Gasteiger charge is 2.15. The van der Waals surface area contributed by atoms with E-state index in [0.717, 1.165) is 5.75 Å². The van der Waals surface area contributed by atoms with Gasteiger partial charge in [-0.2, -0.15) is 0 Å². The second-order valence-corrected chi connectivity index (χ2v) is 6.71. The first-order valence-corrected chi connectivity index (χ1v) is 9.60. The summed E-state index contributed by atoms with van der Waals surface area (Å²) in [5, 5.41) is 0. The topological polar surface area (TPSA) is 85.9 Å². The van der Waals surface area contributed by atoms with Gasteiger partial charge in [-0.05, 0) is 61.7 Å². The van der Waals surface area contributed by atoms with Crippen molar-refractivity contribution in [3.05, 3.63) is 54.1 Å². The van der Waals surface area contributed by atoms with Crippen molar-refractivity contribution in [3.63, 3.8) is 0 Å². The van der Waals surface area contributed by atoms with Gasteiger partial charge in [0, 0.05) is 0 Å². The summed E-state index contributed by atoms with van der Waals surface area (Å²) >= 11 is 0. The first-order chi connectivity index (χ1) is 13.9. The molecule has 7 heteroatoms. The van der Waals surface area contributed by atoms with Gasteiger partial charge in [-0.3, -0.25) is 20.4 Å². The highest BCUT2D eigenvalue weighted by molar-refractivity contribution is 5.85. The first kappa shape index (κ1) is 22.1. The molecule has 0 fully saturated rings. The summed E-state index contributed by atoms with van der Waals surface area (Å²) in [4.78, 5) is 24.0. The molecule has 0 saturated carbocycles. The van der Waals surface area contributed by atoms with Crippen molar-refractivity contribution in [2.75, 3.05) is 13.2 Å². The van der Waals surface area contributed by atoms with Crippen molar-refractivity contribution < 1.29 is 23.8 Å². The molecule has 0 saturated heterocycles. The van der Waals surface area contributed by atoms with Crippen molar-refractivity contribution in [3.8, 4) is 17.2 Å². The van der Waals surface area contributed by atoms with E-state index < -0.39 is 17.9 Å². The molecular weight excluding hydrogens is 372 g/mol. The lowest BCUT2D eigenvalue weighted by Crippen LogP contribution is -2.48. The summed E-state index contributed by atoms with van der Waals surface area (Å²) < 4.78 is 16.3. The second kappa shape index (κ2) is 10.9. The molecule has 0 aliphatic rings. The molecule has 0 spiro atoms. The predicted octanol–water partition coefficient (Wildman–Crippen LogP) is 3.20. The van der Waals surface area contributed by atoms with Crippen molar-refractivity contribution in [2.45, 2.75) is 39.7 Å². The van der Waals surface area contributed by atoms with Gasteiger partial charge in [0.05, 0.1) is 6.61 Å². The highest BCUT2D eigenvalue weighted by atomic mass is 16.5. The number of ether oxygens (including phenoxy) is 3. The zero-order chi connectivity index (χ0) is 21.2. The molecule has 0 heterocycles. The number of carbonyl (C=O) groups excluding carboxylic acids is 2. The molecule has 156 valence electrons. The predicted molar refractivity (Wildman–Crippen MR) is 110 cm³/mol. The molecule has 0 aromatic heterocycles. The fraction of sp³-hybridized carbons (Fsp3) is 0.364. The summed E-state index contributed by atoms with van der Waals surface area (Å²) in [5.74, 6) is 1.31. The lowest BCUT2D eigenvalue weighted by Gasteiger charge is -2.15. The molecule has 0 aliphatic heterocycles. The third-order valence-electron chi connectivity index (χ3n) is 4.06. The van der Waals surface area contributed by atoms with Crippen LogP contribution in [-0.4, -0.2) is 31.1 Å². The van der Waals surface area contributed by atoms with Gasteiger partial charge >= 0.3 is 0 Å². The van der Waals surface area contributed by atoms with E-state index in [0.29, 0.717) is 24.0 Å². The Morgan fingerprint density at radius 3 is 1.97 bits per heavy atom.